The first-order valence-corrected chi connectivity index (χ1v) is 13.1. The Labute approximate surface area is 234 Å². The molecule has 5 nitrogen and oxygen atoms in total. The lowest BCUT2D eigenvalue weighted by atomic mass is 9.69. The van der Waals surface area contributed by atoms with Crippen LogP contribution in [-0.2, 0) is 21.6 Å². The van der Waals surface area contributed by atoms with Crippen LogP contribution in [0, 0.1) is 0 Å². The monoisotopic (exact) mass is 537 g/mol. The SMILES string of the molecule is COc1ccc(COC(=O)NC(C/C=C\C(c2ccccc2)(c2ccccc2)c2ccccc2)C(=O)S)cc1. The van der Waals surface area contributed by atoms with Crippen LogP contribution in [0.25, 0.3) is 0 Å². The van der Waals surface area contributed by atoms with Crippen molar-refractivity contribution < 1.29 is 19.1 Å². The van der Waals surface area contributed by atoms with E-state index in [1.54, 1.807) is 19.2 Å². The zero-order valence-corrected chi connectivity index (χ0v) is 22.6. The third kappa shape index (κ3) is 6.98. The number of allylic oxidation sites excluding steroid dienone is 1. The fraction of sp³-hybridized carbons (Fsp3) is 0.152. The number of thiol groups is 1. The summed E-state index contributed by atoms with van der Waals surface area (Å²) in [4.78, 5) is 24.8. The average molecular weight is 538 g/mol. The first-order valence-electron chi connectivity index (χ1n) is 12.7. The number of nitrogens with one attached hydrogen (secondary N) is 1. The van der Waals surface area contributed by atoms with E-state index < -0.39 is 22.7 Å². The third-order valence-electron chi connectivity index (χ3n) is 6.55. The summed E-state index contributed by atoms with van der Waals surface area (Å²) in [5.41, 5.74) is 3.44. The van der Waals surface area contributed by atoms with E-state index in [2.05, 4.69) is 60.4 Å². The molecule has 4 aromatic carbocycles. The van der Waals surface area contributed by atoms with Crippen molar-refractivity contribution in [1.29, 1.82) is 0 Å². The van der Waals surface area contributed by atoms with Crippen molar-refractivity contribution in [2.75, 3.05) is 7.11 Å². The fourth-order valence-corrected chi connectivity index (χ4v) is 4.72. The van der Waals surface area contributed by atoms with Crippen LogP contribution >= 0.6 is 12.6 Å². The Kier molecular flexibility index (Phi) is 9.59. The highest BCUT2D eigenvalue weighted by Crippen LogP contribution is 2.40. The van der Waals surface area contributed by atoms with Gasteiger partial charge in [-0.1, -0.05) is 115 Å². The molecule has 0 aromatic heterocycles. The van der Waals surface area contributed by atoms with Crippen molar-refractivity contribution >= 4 is 23.8 Å². The van der Waals surface area contributed by atoms with Crippen LogP contribution in [0.1, 0.15) is 28.7 Å². The van der Waals surface area contributed by atoms with Crippen LogP contribution < -0.4 is 10.1 Å². The van der Waals surface area contributed by atoms with E-state index in [0.717, 1.165) is 22.3 Å². The van der Waals surface area contributed by atoms with E-state index in [4.69, 9.17) is 9.47 Å². The zero-order chi connectivity index (χ0) is 27.5. The maximum Gasteiger partial charge on any atom is 0.408 e. The summed E-state index contributed by atoms with van der Waals surface area (Å²) >= 11 is 4.03. The molecule has 0 radical (unpaired) electrons. The Balaban J connectivity index is 1.56. The smallest absolute Gasteiger partial charge is 0.408 e. The molecular weight excluding hydrogens is 506 g/mol. The zero-order valence-electron chi connectivity index (χ0n) is 21.7. The molecule has 1 atom stereocenters. The maximum atomic E-state index is 12.5. The van der Waals surface area contributed by atoms with E-state index in [0.29, 0.717) is 5.75 Å². The van der Waals surface area contributed by atoms with Gasteiger partial charge >= 0.3 is 6.09 Å². The van der Waals surface area contributed by atoms with Crippen LogP contribution in [0.3, 0.4) is 0 Å². The summed E-state index contributed by atoms with van der Waals surface area (Å²) < 4.78 is 10.5. The second kappa shape index (κ2) is 13.5. The van der Waals surface area contributed by atoms with Gasteiger partial charge < -0.3 is 14.8 Å². The molecular formula is C33H31NO4S. The first kappa shape index (κ1) is 27.7. The van der Waals surface area contributed by atoms with Gasteiger partial charge in [-0.3, -0.25) is 4.79 Å². The number of hydrogen-bond acceptors (Lipinski definition) is 4. The molecule has 198 valence electrons. The summed E-state index contributed by atoms with van der Waals surface area (Å²) in [5.74, 6) is 0.716. The number of ether oxygens (including phenoxy) is 2. The van der Waals surface area contributed by atoms with Crippen molar-refractivity contribution in [1.82, 2.24) is 5.32 Å². The quantitative estimate of drug-likeness (QED) is 0.127. The van der Waals surface area contributed by atoms with Gasteiger partial charge in [0.15, 0.2) is 0 Å². The standard InChI is InChI=1S/C33H31NO4S/c1-37-29-21-19-25(20-22-29)24-38-32(36)34-30(31(35)39)18-11-23-33(26-12-5-2-6-13-26,27-14-7-3-8-15-27)28-16-9-4-10-17-28/h2-17,19-23,30H,18,24H2,1H3,(H,34,36)(H,35,39)/b23-11-. The van der Waals surface area contributed by atoms with Gasteiger partial charge in [0.2, 0.25) is 5.12 Å². The van der Waals surface area contributed by atoms with Crippen LogP contribution in [0.2, 0.25) is 0 Å². The summed E-state index contributed by atoms with van der Waals surface area (Å²) in [6.07, 6.45) is 3.58. The Bertz CT molecular complexity index is 1280. The molecule has 6 heteroatoms. The number of alkyl carbamates (subject to hydrolysis) is 1. The average Bonchev–Trinajstić information content (AvgIpc) is 2.99. The number of benzene rings is 4. The molecule has 1 unspecified atom stereocenters. The van der Waals surface area contributed by atoms with E-state index in [1.807, 2.05) is 72.8 Å². The van der Waals surface area contributed by atoms with E-state index >= 15 is 0 Å². The van der Waals surface area contributed by atoms with Crippen LogP contribution in [0.5, 0.6) is 5.75 Å². The third-order valence-corrected chi connectivity index (χ3v) is 6.86. The Morgan fingerprint density at radius 2 is 1.28 bits per heavy atom. The van der Waals surface area contributed by atoms with Crippen molar-refractivity contribution in [3.05, 3.63) is 150 Å². The lowest BCUT2D eigenvalue weighted by Crippen LogP contribution is -2.39. The van der Waals surface area contributed by atoms with Gasteiger partial charge in [0.05, 0.1) is 12.5 Å². The highest BCUT2D eigenvalue weighted by atomic mass is 32.1. The minimum absolute atomic E-state index is 0.0677. The number of carbonyl (C=O) groups excluding carboxylic acids is 2. The van der Waals surface area contributed by atoms with Crippen molar-refractivity contribution in [3.8, 4) is 5.75 Å². The largest absolute Gasteiger partial charge is 0.497 e. The first-order chi connectivity index (χ1) is 19.0. The molecule has 0 spiro atoms. The molecule has 0 saturated heterocycles. The van der Waals surface area contributed by atoms with Crippen molar-refractivity contribution in [2.24, 2.45) is 0 Å². The Hall–Kier alpha value is -4.29. The molecule has 0 aliphatic rings. The van der Waals surface area contributed by atoms with Crippen LogP contribution in [0.15, 0.2) is 127 Å². The minimum atomic E-state index is -0.854. The second-order valence-electron chi connectivity index (χ2n) is 9.00. The number of carbonyl (C=O) groups is 2. The van der Waals surface area contributed by atoms with Gasteiger partial charge in [-0.15, -0.1) is 12.6 Å². The van der Waals surface area contributed by atoms with Gasteiger partial charge in [-0.05, 0) is 40.8 Å². The van der Waals surface area contributed by atoms with Gasteiger partial charge in [-0.2, -0.15) is 0 Å². The van der Waals surface area contributed by atoms with E-state index in [1.165, 1.54) is 0 Å². The predicted molar refractivity (Wildman–Crippen MR) is 157 cm³/mol. The number of methoxy groups -OCH3 is 1. The predicted octanol–water partition coefficient (Wildman–Crippen LogP) is 6.73. The van der Waals surface area contributed by atoms with E-state index in [-0.39, 0.29) is 13.0 Å². The van der Waals surface area contributed by atoms with Crippen molar-refractivity contribution in [2.45, 2.75) is 24.5 Å². The molecule has 1 N–H and O–H groups in total. The van der Waals surface area contributed by atoms with Crippen LogP contribution in [-0.4, -0.2) is 24.4 Å². The molecule has 0 bridgehead atoms. The summed E-state index contributed by atoms with van der Waals surface area (Å²) in [6.45, 7) is 0.0677. The Morgan fingerprint density at radius 3 is 1.72 bits per heavy atom. The summed E-state index contributed by atoms with van der Waals surface area (Å²) in [6, 6.07) is 37.0. The van der Waals surface area contributed by atoms with Gasteiger partial charge in [0.25, 0.3) is 0 Å². The molecule has 0 aliphatic carbocycles. The normalized spacial score (nSPS) is 12.1. The van der Waals surface area contributed by atoms with Crippen LogP contribution in [0.4, 0.5) is 4.79 Å². The molecule has 4 aromatic rings. The summed E-state index contributed by atoms with van der Waals surface area (Å²) in [7, 11) is 1.59. The molecule has 1 amide bonds. The van der Waals surface area contributed by atoms with E-state index in [9.17, 15) is 9.59 Å². The van der Waals surface area contributed by atoms with Crippen molar-refractivity contribution in [3.63, 3.8) is 0 Å². The molecule has 0 saturated carbocycles. The molecule has 0 fully saturated rings. The topological polar surface area (TPSA) is 64.6 Å². The Morgan fingerprint density at radius 1 is 0.795 bits per heavy atom. The number of rotatable bonds is 11. The van der Waals surface area contributed by atoms with Gasteiger partial charge in [-0.25, -0.2) is 4.79 Å². The highest BCUT2D eigenvalue weighted by Gasteiger charge is 2.33. The van der Waals surface area contributed by atoms with Gasteiger partial charge in [0.1, 0.15) is 18.4 Å². The molecule has 0 aliphatic heterocycles. The number of amides is 1. The number of hydrogen-bond donors (Lipinski definition) is 2. The molecule has 4 rings (SSSR count). The lowest BCUT2D eigenvalue weighted by Gasteiger charge is -2.33. The molecule has 0 heterocycles. The summed E-state index contributed by atoms with van der Waals surface area (Å²) in [5, 5.41) is 2.20. The van der Waals surface area contributed by atoms with Gasteiger partial charge in [0, 0.05) is 0 Å². The minimum Gasteiger partial charge on any atom is -0.497 e. The molecule has 39 heavy (non-hydrogen) atoms. The lowest BCUT2D eigenvalue weighted by molar-refractivity contribution is -0.112. The fourth-order valence-electron chi connectivity index (χ4n) is 4.55. The maximum absolute atomic E-state index is 12.5. The highest BCUT2D eigenvalue weighted by molar-refractivity contribution is 7.96. The second-order valence-corrected chi connectivity index (χ2v) is 9.44.